The highest BCUT2D eigenvalue weighted by molar-refractivity contribution is 9.10. The van der Waals surface area contributed by atoms with Crippen molar-refractivity contribution in [2.45, 2.75) is 59.3 Å². The second kappa shape index (κ2) is 13.4. The number of esters is 1. The van der Waals surface area contributed by atoms with E-state index in [9.17, 15) is 14.4 Å². The van der Waals surface area contributed by atoms with Gasteiger partial charge in [-0.15, -0.1) is 0 Å². The number of hydrogen-bond donors (Lipinski definition) is 2. The number of nitrogens with one attached hydrogen (secondary N) is 2. The predicted octanol–water partition coefficient (Wildman–Crippen LogP) is 7.45. The summed E-state index contributed by atoms with van der Waals surface area (Å²) in [5.74, 6) is 0.235. The molecule has 8 heteroatoms. The Balaban J connectivity index is 1.35. The molecular weight excluding hydrogens is 560 g/mol. The maximum Gasteiger partial charge on any atom is 0.306 e. The third kappa shape index (κ3) is 9.55. The monoisotopic (exact) mass is 594 g/mol. The maximum atomic E-state index is 12.3. The van der Waals surface area contributed by atoms with Crippen LogP contribution in [0.1, 0.15) is 56.7 Å². The fourth-order valence-corrected chi connectivity index (χ4v) is 4.04. The second-order valence-corrected chi connectivity index (χ2v) is 11.2. The Morgan fingerprint density at radius 3 is 1.87 bits per heavy atom. The van der Waals surface area contributed by atoms with Crippen LogP contribution in [0.5, 0.6) is 11.5 Å². The Hall–Kier alpha value is -3.65. The van der Waals surface area contributed by atoms with Crippen LogP contribution in [-0.4, -0.2) is 24.4 Å². The van der Waals surface area contributed by atoms with Gasteiger partial charge in [-0.05, 0) is 90.9 Å². The number of aryl methyl sites for hydroxylation is 2. The largest absolute Gasteiger partial charge is 0.457 e. The van der Waals surface area contributed by atoms with E-state index in [0.717, 1.165) is 21.3 Å². The molecule has 3 aromatic rings. The Kier molecular flexibility index (Phi) is 10.3. The van der Waals surface area contributed by atoms with Gasteiger partial charge >= 0.3 is 5.97 Å². The lowest BCUT2D eigenvalue weighted by Gasteiger charge is -2.19. The summed E-state index contributed by atoms with van der Waals surface area (Å²) in [6, 6.07) is 18.8. The fourth-order valence-electron chi connectivity index (χ4n) is 3.82. The average Bonchev–Trinajstić information content (AvgIpc) is 2.87. The van der Waals surface area contributed by atoms with Crippen LogP contribution in [-0.2, 0) is 24.5 Å². The van der Waals surface area contributed by atoms with Crippen molar-refractivity contribution in [2.24, 2.45) is 0 Å². The van der Waals surface area contributed by atoms with Gasteiger partial charge in [0, 0.05) is 28.7 Å². The van der Waals surface area contributed by atoms with E-state index in [1.165, 1.54) is 5.56 Å². The number of amides is 2. The number of rotatable bonds is 10. The summed E-state index contributed by atoms with van der Waals surface area (Å²) in [6.45, 7) is 9.97. The quantitative estimate of drug-likeness (QED) is 0.238. The number of halogens is 1. The van der Waals surface area contributed by atoms with Crippen LogP contribution in [0.25, 0.3) is 0 Å². The Morgan fingerprint density at radius 2 is 1.31 bits per heavy atom. The maximum absolute atomic E-state index is 12.3. The summed E-state index contributed by atoms with van der Waals surface area (Å²) >= 11 is 3.49. The number of carbonyl (C=O) groups is 3. The molecule has 0 atom stereocenters. The number of anilines is 2. The minimum atomic E-state index is -0.529. The van der Waals surface area contributed by atoms with Gasteiger partial charge in [-0.3, -0.25) is 14.4 Å². The van der Waals surface area contributed by atoms with Crippen molar-refractivity contribution in [1.82, 2.24) is 0 Å². The molecule has 0 aromatic heterocycles. The van der Waals surface area contributed by atoms with E-state index in [1.54, 1.807) is 24.3 Å². The molecule has 3 rings (SSSR count). The highest BCUT2D eigenvalue weighted by Gasteiger charge is 2.14. The van der Waals surface area contributed by atoms with Crippen LogP contribution in [0.15, 0.2) is 65.1 Å². The molecule has 3 aromatic carbocycles. The van der Waals surface area contributed by atoms with Crippen LogP contribution in [0.2, 0.25) is 0 Å². The highest BCUT2D eigenvalue weighted by atomic mass is 79.9. The van der Waals surface area contributed by atoms with Gasteiger partial charge in [-0.1, -0.05) is 48.8 Å². The smallest absolute Gasteiger partial charge is 0.306 e. The fraction of sp³-hybridized carbons (Fsp3) is 0.323. The molecule has 7 nitrogen and oxygen atoms in total. The molecule has 0 radical (unpaired) electrons. The standard InChI is InChI=1S/C31H35BrN2O5/c1-20-17-24(18-21(2)30(20)32)34-28(36)19-38-29(37)8-6-7-27(35)33-23-11-15-26(16-12-23)39-25-13-9-22(10-14-25)31(3,4)5/h9-18H,6-8,19H2,1-5H3,(H,33,35)(H,34,36). The first kappa shape index (κ1) is 29.9. The molecule has 0 saturated heterocycles. The average molecular weight is 596 g/mol. The van der Waals surface area contributed by atoms with E-state index in [2.05, 4.69) is 59.5 Å². The summed E-state index contributed by atoms with van der Waals surface area (Å²) in [5, 5.41) is 5.53. The zero-order chi connectivity index (χ0) is 28.6. The van der Waals surface area contributed by atoms with Gasteiger partial charge in [-0.25, -0.2) is 0 Å². The van der Waals surface area contributed by atoms with Gasteiger partial charge in [-0.2, -0.15) is 0 Å². The molecule has 2 amide bonds. The Labute approximate surface area is 238 Å². The molecule has 0 spiro atoms. The second-order valence-electron chi connectivity index (χ2n) is 10.4. The molecular formula is C31H35BrN2O5. The first-order chi connectivity index (χ1) is 18.4. The lowest BCUT2D eigenvalue weighted by atomic mass is 9.87. The number of hydrogen-bond acceptors (Lipinski definition) is 5. The van der Waals surface area contributed by atoms with Gasteiger partial charge < -0.3 is 20.1 Å². The third-order valence-electron chi connectivity index (χ3n) is 5.96. The van der Waals surface area contributed by atoms with Crippen LogP contribution >= 0.6 is 15.9 Å². The molecule has 39 heavy (non-hydrogen) atoms. The van der Waals surface area contributed by atoms with E-state index in [1.807, 2.05) is 38.1 Å². The topological polar surface area (TPSA) is 93.7 Å². The van der Waals surface area contributed by atoms with E-state index >= 15 is 0 Å². The molecule has 0 unspecified atom stereocenters. The van der Waals surface area contributed by atoms with Crippen LogP contribution in [0.4, 0.5) is 11.4 Å². The van der Waals surface area contributed by atoms with Crippen molar-refractivity contribution in [1.29, 1.82) is 0 Å². The van der Waals surface area contributed by atoms with Gasteiger partial charge in [0.1, 0.15) is 11.5 Å². The first-order valence-electron chi connectivity index (χ1n) is 12.8. The lowest BCUT2D eigenvalue weighted by Crippen LogP contribution is -2.21. The summed E-state index contributed by atoms with van der Waals surface area (Å²) < 4.78 is 11.9. The summed E-state index contributed by atoms with van der Waals surface area (Å²) in [6.07, 6.45) is 0.498. The zero-order valence-electron chi connectivity index (χ0n) is 23.0. The normalized spacial score (nSPS) is 11.0. The third-order valence-corrected chi connectivity index (χ3v) is 7.21. The highest BCUT2D eigenvalue weighted by Crippen LogP contribution is 2.28. The molecule has 0 aliphatic rings. The first-order valence-corrected chi connectivity index (χ1v) is 13.6. The minimum absolute atomic E-state index is 0.0397. The number of carbonyl (C=O) groups excluding carboxylic acids is 3. The van der Waals surface area contributed by atoms with Gasteiger partial charge in [0.05, 0.1) is 0 Å². The Bertz CT molecular complexity index is 1290. The lowest BCUT2D eigenvalue weighted by molar-refractivity contribution is -0.147. The van der Waals surface area contributed by atoms with Crippen LogP contribution in [0, 0.1) is 13.8 Å². The molecule has 0 heterocycles. The molecule has 0 aliphatic carbocycles. The predicted molar refractivity (Wildman–Crippen MR) is 157 cm³/mol. The molecule has 2 N–H and O–H groups in total. The van der Waals surface area contributed by atoms with E-state index in [-0.39, 0.29) is 30.8 Å². The van der Waals surface area contributed by atoms with Crippen molar-refractivity contribution < 1.29 is 23.9 Å². The number of ether oxygens (including phenoxy) is 2. The molecule has 0 bridgehead atoms. The van der Waals surface area contributed by atoms with E-state index in [0.29, 0.717) is 23.5 Å². The number of benzene rings is 3. The van der Waals surface area contributed by atoms with Crippen molar-refractivity contribution in [3.63, 3.8) is 0 Å². The molecule has 0 aliphatic heterocycles. The molecule has 0 fully saturated rings. The SMILES string of the molecule is Cc1cc(NC(=O)COC(=O)CCCC(=O)Nc2ccc(Oc3ccc(C(C)(C)C)cc3)cc2)cc(C)c1Br. The molecule has 0 saturated carbocycles. The Morgan fingerprint density at radius 1 is 0.769 bits per heavy atom. The van der Waals surface area contributed by atoms with E-state index < -0.39 is 11.9 Å². The minimum Gasteiger partial charge on any atom is -0.457 e. The van der Waals surface area contributed by atoms with Crippen molar-refractivity contribution in [3.8, 4) is 11.5 Å². The van der Waals surface area contributed by atoms with E-state index in [4.69, 9.17) is 9.47 Å². The summed E-state index contributed by atoms with van der Waals surface area (Å²) in [4.78, 5) is 36.4. The zero-order valence-corrected chi connectivity index (χ0v) is 24.6. The summed E-state index contributed by atoms with van der Waals surface area (Å²) in [5.41, 5.74) is 4.56. The molecule has 206 valence electrons. The van der Waals surface area contributed by atoms with Gasteiger partial charge in [0.2, 0.25) is 5.91 Å². The van der Waals surface area contributed by atoms with Gasteiger partial charge in [0.25, 0.3) is 5.91 Å². The summed E-state index contributed by atoms with van der Waals surface area (Å²) in [7, 11) is 0. The van der Waals surface area contributed by atoms with Crippen molar-refractivity contribution in [3.05, 3.63) is 81.8 Å². The van der Waals surface area contributed by atoms with Crippen molar-refractivity contribution >= 4 is 45.1 Å². The van der Waals surface area contributed by atoms with Crippen LogP contribution < -0.4 is 15.4 Å². The van der Waals surface area contributed by atoms with Gasteiger partial charge in [0.15, 0.2) is 6.61 Å². The van der Waals surface area contributed by atoms with Crippen LogP contribution in [0.3, 0.4) is 0 Å². The van der Waals surface area contributed by atoms with Crippen molar-refractivity contribution in [2.75, 3.05) is 17.2 Å².